The molecule has 1 N–H and O–H groups in total. The average molecular weight is 235 g/mol. The van der Waals surface area contributed by atoms with E-state index in [-0.39, 0.29) is 5.54 Å². The molecule has 0 bridgehead atoms. The number of phenols is 1. The molecule has 3 heteroatoms. The van der Waals surface area contributed by atoms with Crippen LogP contribution in [0.1, 0.15) is 25.0 Å². The third kappa shape index (κ3) is 2.61. The molecule has 1 aliphatic rings. The van der Waals surface area contributed by atoms with Crippen LogP contribution in [0, 0.1) is 6.92 Å². The van der Waals surface area contributed by atoms with Crippen LogP contribution in [0.5, 0.6) is 5.75 Å². The Labute approximate surface area is 103 Å². The highest BCUT2D eigenvalue weighted by atomic mass is 16.5. The summed E-state index contributed by atoms with van der Waals surface area (Å²) in [5.74, 6) is 0.426. The van der Waals surface area contributed by atoms with E-state index in [1.54, 1.807) is 0 Å². The molecule has 1 aliphatic heterocycles. The summed E-state index contributed by atoms with van der Waals surface area (Å²) in [6.07, 6.45) is 0. The lowest BCUT2D eigenvalue weighted by atomic mass is 10.0. The van der Waals surface area contributed by atoms with Gasteiger partial charge in [0.1, 0.15) is 5.75 Å². The van der Waals surface area contributed by atoms with E-state index in [4.69, 9.17) is 4.74 Å². The van der Waals surface area contributed by atoms with Crippen molar-refractivity contribution in [3.05, 3.63) is 29.3 Å². The molecule has 0 aliphatic carbocycles. The van der Waals surface area contributed by atoms with Gasteiger partial charge in [-0.3, -0.25) is 4.90 Å². The molecule has 94 valence electrons. The van der Waals surface area contributed by atoms with Crippen LogP contribution in [0.2, 0.25) is 0 Å². The molecule has 1 fully saturated rings. The van der Waals surface area contributed by atoms with Gasteiger partial charge in [-0.05, 0) is 26.3 Å². The standard InChI is InChI=1S/C14H21NO2/c1-11-5-4-6-12(13(11)16)9-15-7-8-17-10-14(15,2)3/h4-6,16H,7-10H2,1-3H3. The second kappa shape index (κ2) is 4.67. The number of benzene rings is 1. The number of morpholine rings is 1. The zero-order valence-corrected chi connectivity index (χ0v) is 10.9. The number of aryl methyl sites for hydroxylation is 1. The predicted octanol–water partition coefficient (Wildman–Crippen LogP) is 2.31. The first-order valence-corrected chi connectivity index (χ1v) is 6.11. The van der Waals surface area contributed by atoms with Crippen LogP contribution < -0.4 is 0 Å². The van der Waals surface area contributed by atoms with E-state index in [9.17, 15) is 5.11 Å². The molecule has 17 heavy (non-hydrogen) atoms. The van der Waals surface area contributed by atoms with E-state index in [1.165, 1.54) is 0 Å². The molecule has 1 heterocycles. The minimum atomic E-state index is 0.0361. The van der Waals surface area contributed by atoms with Crippen molar-refractivity contribution in [3.63, 3.8) is 0 Å². The Hall–Kier alpha value is -1.06. The summed E-state index contributed by atoms with van der Waals surface area (Å²) < 4.78 is 5.50. The Kier molecular flexibility index (Phi) is 3.40. The molecule has 2 rings (SSSR count). The summed E-state index contributed by atoms with van der Waals surface area (Å²) in [5, 5.41) is 10.0. The van der Waals surface area contributed by atoms with E-state index in [0.717, 1.165) is 37.4 Å². The monoisotopic (exact) mass is 235 g/mol. The van der Waals surface area contributed by atoms with Gasteiger partial charge in [0, 0.05) is 24.2 Å². The normalized spacial score (nSPS) is 20.4. The first-order chi connectivity index (χ1) is 8.00. The highest BCUT2D eigenvalue weighted by molar-refractivity contribution is 5.39. The number of phenolic OH excluding ortho intramolecular Hbond substituents is 1. The van der Waals surface area contributed by atoms with Crippen LogP contribution in [0.3, 0.4) is 0 Å². The van der Waals surface area contributed by atoms with Crippen LogP contribution in [-0.2, 0) is 11.3 Å². The Morgan fingerprint density at radius 3 is 2.88 bits per heavy atom. The fraction of sp³-hybridized carbons (Fsp3) is 0.571. The van der Waals surface area contributed by atoms with Gasteiger partial charge in [0.2, 0.25) is 0 Å². The zero-order valence-electron chi connectivity index (χ0n) is 10.9. The number of hydrogen-bond acceptors (Lipinski definition) is 3. The zero-order chi connectivity index (χ0) is 12.5. The molecular formula is C14H21NO2. The molecule has 0 saturated carbocycles. The molecule has 0 amide bonds. The molecule has 0 aromatic heterocycles. The van der Waals surface area contributed by atoms with Crippen LogP contribution >= 0.6 is 0 Å². The predicted molar refractivity (Wildman–Crippen MR) is 68.2 cm³/mol. The topological polar surface area (TPSA) is 32.7 Å². The van der Waals surface area contributed by atoms with E-state index in [0.29, 0.717) is 5.75 Å². The molecule has 0 atom stereocenters. The maximum Gasteiger partial charge on any atom is 0.122 e. The summed E-state index contributed by atoms with van der Waals surface area (Å²) in [6.45, 7) is 9.52. The highest BCUT2D eigenvalue weighted by Crippen LogP contribution is 2.27. The van der Waals surface area contributed by atoms with Gasteiger partial charge >= 0.3 is 0 Å². The number of para-hydroxylation sites is 1. The van der Waals surface area contributed by atoms with Crippen molar-refractivity contribution in [2.24, 2.45) is 0 Å². The average Bonchev–Trinajstić information content (AvgIpc) is 2.27. The maximum absolute atomic E-state index is 10.0. The summed E-state index contributed by atoms with van der Waals surface area (Å²) in [5.41, 5.74) is 1.97. The quantitative estimate of drug-likeness (QED) is 0.854. The fourth-order valence-corrected chi connectivity index (χ4v) is 2.24. The van der Waals surface area contributed by atoms with Gasteiger partial charge in [-0.25, -0.2) is 0 Å². The van der Waals surface area contributed by atoms with Gasteiger partial charge in [-0.1, -0.05) is 18.2 Å². The van der Waals surface area contributed by atoms with Gasteiger partial charge in [0.25, 0.3) is 0 Å². The second-order valence-electron chi connectivity index (χ2n) is 5.37. The number of nitrogens with zero attached hydrogens (tertiary/aromatic N) is 1. The number of aromatic hydroxyl groups is 1. The second-order valence-corrected chi connectivity index (χ2v) is 5.37. The molecule has 3 nitrogen and oxygen atoms in total. The van der Waals surface area contributed by atoms with Gasteiger partial charge in [-0.2, -0.15) is 0 Å². The fourth-order valence-electron chi connectivity index (χ4n) is 2.24. The number of hydrogen-bond donors (Lipinski definition) is 1. The molecule has 1 aromatic rings. The Morgan fingerprint density at radius 1 is 1.41 bits per heavy atom. The minimum Gasteiger partial charge on any atom is -0.507 e. The molecule has 0 radical (unpaired) electrons. The van der Waals surface area contributed by atoms with Crippen molar-refractivity contribution >= 4 is 0 Å². The molecule has 1 aromatic carbocycles. The molecule has 0 spiro atoms. The van der Waals surface area contributed by atoms with Crippen LogP contribution in [-0.4, -0.2) is 35.3 Å². The minimum absolute atomic E-state index is 0.0361. The van der Waals surface area contributed by atoms with Gasteiger partial charge in [0.15, 0.2) is 0 Å². The summed E-state index contributed by atoms with van der Waals surface area (Å²) in [7, 11) is 0. The third-order valence-electron chi connectivity index (χ3n) is 3.50. The molecule has 1 saturated heterocycles. The van der Waals surface area contributed by atoms with Gasteiger partial charge < -0.3 is 9.84 Å². The van der Waals surface area contributed by atoms with E-state index >= 15 is 0 Å². The summed E-state index contributed by atoms with van der Waals surface area (Å²) in [4.78, 5) is 2.37. The summed E-state index contributed by atoms with van der Waals surface area (Å²) >= 11 is 0. The number of ether oxygens (including phenoxy) is 1. The van der Waals surface area contributed by atoms with Crippen molar-refractivity contribution in [1.82, 2.24) is 4.90 Å². The van der Waals surface area contributed by atoms with Crippen molar-refractivity contribution in [3.8, 4) is 5.75 Å². The van der Waals surface area contributed by atoms with Crippen molar-refractivity contribution < 1.29 is 9.84 Å². The third-order valence-corrected chi connectivity index (χ3v) is 3.50. The lowest BCUT2D eigenvalue weighted by molar-refractivity contribution is -0.0555. The van der Waals surface area contributed by atoms with Crippen molar-refractivity contribution in [2.75, 3.05) is 19.8 Å². The lowest BCUT2D eigenvalue weighted by Gasteiger charge is -2.42. The van der Waals surface area contributed by atoms with E-state index < -0.39 is 0 Å². The van der Waals surface area contributed by atoms with Crippen LogP contribution in [0.4, 0.5) is 0 Å². The first kappa shape index (κ1) is 12.4. The Bertz CT molecular complexity index is 401. The van der Waals surface area contributed by atoms with E-state index in [1.807, 2.05) is 25.1 Å². The van der Waals surface area contributed by atoms with Crippen molar-refractivity contribution in [2.45, 2.75) is 32.9 Å². The lowest BCUT2D eigenvalue weighted by Crippen LogP contribution is -2.52. The maximum atomic E-state index is 10.0. The molecule has 0 unspecified atom stereocenters. The largest absolute Gasteiger partial charge is 0.507 e. The highest BCUT2D eigenvalue weighted by Gasteiger charge is 2.30. The molecular weight excluding hydrogens is 214 g/mol. The smallest absolute Gasteiger partial charge is 0.122 e. The van der Waals surface area contributed by atoms with E-state index in [2.05, 4.69) is 18.7 Å². The Balaban J connectivity index is 2.17. The van der Waals surface area contributed by atoms with Crippen molar-refractivity contribution in [1.29, 1.82) is 0 Å². The van der Waals surface area contributed by atoms with Crippen LogP contribution in [0.15, 0.2) is 18.2 Å². The first-order valence-electron chi connectivity index (χ1n) is 6.11. The van der Waals surface area contributed by atoms with Crippen LogP contribution in [0.25, 0.3) is 0 Å². The van der Waals surface area contributed by atoms with Gasteiger partial charge in [-0.15, -0.1) is 0 Å². The Morgan fingerprint density at radius 2 is 2.18 bits per heavy atom. The number of rotatable bonds is 2. The SMILES string of the molecule is Cc1cccc(CN2CCOCC2(C)C)c1O. The summed E-state index contributed by atoms with van der Waals surface area (Å²) in [6, 6.07) is 5.93. The van der Waals surface area contributed by atoms with Gasteiger partial charge in [0.05, 0.1) is 13.2 Å².